The van der Waals surface area contributed by atoms with Gasteiger partial charge < -0.3 is 9.80 Å². The van der Waals surface area contributed by atoms with E-state index < -0.39 is 0 Å². The Morgan fingerprint density at radius 1 is 1.19 bits per heavy atom. The molecule has 1 heterocycles. The predicted molar refractivity (Wildman–Crippen MR) is 73.5 cm³/mol. The van der Waals surface area contributed by atoms with Gasteiger partial charge in [0.1, 0.15) is 0 Å². The minimum absolute atomic E-state index is 0.794. The molecule has 1 aromatic rings. The first-order chi connectivity index (χ1) is 7.69. The van der Waals surface area contributed by atoms with Gasteiger partial charge in [-0.3, -0.25) is 0 Å². The minimum Gasteiger partial charge on any atom is -0.369 e. The van der Waals surface area contributed by atoms with Gasteiger partial charge in [-0.15, -0.1) is 0 Å². The molecular formula is C12H16BrClN2. The summed E-state index contributed by atoms with van der Waals surface area (Å²) in [5.41, 5.74) is 1.22. The van der Waals surface area contributed by atoms with Gasteiger partial charge in [0.2, 0.25) is 0 Å². The van der Waals surface area contributed by atoms with Crippen LogP contribution in [0.15, 0.2) is 22.7 Å². The summed E-state index contributed by atoms with van der Waals surface area (Å²) in [7, 11) is 0. The third-order valence-corrected chi connectivity index (χ3v) is 3.71. The van der Waals surface area contributed by atoms with Gasteiger partial charge in [-0.25, -0.2) is 0 Å². The number of nitrogens with zero attached hydrogens (tertiary/aromatic N) is 2. The third-order valence-electron chi connectivity index (χ3n) is 3.03. The molecule has 0 N–H and O–H groups in total. The van der Waals surface area contributed by atoms with Crippen molar-refractivity contribution >= 4 is 33.2 Å². The average Bonchev–Trinajstić information content (AvgIpc) is 2.28. The number of anilines is 1. The third kappa shape index (κ3) is 2.90. The van der Waals surface area contributed by atoms with Crippen LogP contribution in [0.5, 0.6) is 0 Å². The van der Waals surface area contributed by atoms with E-state index in [1.807, 2.05) is 12.1 Å². The maximum atomic E-state index is 6.06. The molecule has 88 valence electrons. The Balaban J connectivity index is 2.08. The fourth-order valence-electron chi connectivity index (χ4n) is 2.04. The van der Waals surface area contributed by atoms with Gasteiger partial charge in [0.25, 0.3) is 0 Å². The highest BCUT2D eigenvalue weighted by Gasteiger charge is 2.16. The Morgan fingerprint density at radius 2 is 1.88 bits per heavy atom. The molecule has 0 atom stereocenters. The molecule has 1 saturated heterocycles. The van der Waals surface area contributed by atoms with Crippen LogP contribution in [0.3, 0.4) is 0 Å². The van der Waals surface area contributed by atoms with E-state index in [1.54, 1.807) is 0 Å². The highest BCUT2D eigenvalue weighted by molar-refractivity contribution is 9.10. The zero-order valence-electron chi connectivity index (χ0n) is 9.42. The van der Waals surface area contributed by atoms with Crippen molar-refractivity contribution in [3.8, 4) is 0 Å². The lowest BCUT2D eigenvalue weighted by molar-refractivity contribution is 0.271. The lowest BCUT2D eigenvalue weighted by Gasteiger charge is -2.35. The molecule has 0 aromatic heterocycles. The molecule has 0 radical (unpaired) electrons. The highest BCUT2D eigenvalue weighted by atomic mass is 79.9. The molecule has 16 heavy (non-hydrogen) atoms. The molecule has 0 aliphatic carbocycles. The van der Waals surface area contributed by atoms with Crippen molar-refractivity contribution < 1.29 is 0 Å². The Morgan fingerprint density at radius 3 is 2.44 bits per heavy atom. The lowest BCUT2D eigenvalue weighted by Crippen LogP contribution is -2.46. The molecule has 2 nitrogen and oxygen atoms in total. The smallest absolute Gasteiger partial charge is 0.0437 e. The molecule has 0 unspecified atom stereocenters. The van der Waals surface area contributed by atoms with Crippen molar-refractivity contribution in [2.75, 3.05) is 37.6 Å². The van der Waals surface area contributed by atoms with Gasteiger partial charge in [-0.05, 0) is 24.7 Å². The fourth-order valence-corrected chi connectivity index (χ4v) is 2.89. The van der Waals surface area contributed by atoms with Crippen LogP contribution in [0.4, 0.5) is 5.69 Å². The highest BCUT2D eigenvalue weighted by Crippen LogP contribution is 2.26. The zero-order chi connectivity index (χ0) is 11.5. The van der Waals surface area contributed by atoms with Crippen LogP contribution in [0.1, 0.15) is 6.92 Å². The second-order valence-electron chi connectivity index (χ2n) is 4.05. The molecule has 1 fully saturated rings. The lowest BCUT2D eigenvalue weighted by atomic mass is 10.2. The van der Waals surface area contributed by atoms with E-state index in [-0.39, 0.29) is 0 Å². The molecular weight excluding hydrogens is 288 g/mol. The molecule has 4 heteroatoms. The van der Waals surface area contributed by atoms with Crippen molar-refractivity contribution in [1.82, 2.24) is 4.90 Å². The minimum atomic E-state index is 0.794. The van der Waals surface area contributed by atoms with E-state index in [0.717, 1.165) is 42.2 Å². The van der Waals surface area contributed by atoms with Gasteiger partial charge in [-0.2, -0.15) is 0 Å². The summed E-state index contributed by atoms with van der Waals surface area (Å²) in [5, 5.41) is 0.794. The van der Waals surface area contributed by atoms with Crippen LogP contribution in [0.2, 0.25) is 5.02 Å². The maximum absolute atomic E-state index is 6.06. The zero-order valence-corrected chi connectivity index (χ0v) is 11.8. The summed E-state index contributed by atoms with van der Waals surface area (Å²) >= 11 is 9.54. The van der Waals surface area contributed by atoms with Crippen LogP contribution < -0.4 is 4.90 Å². The van der Waals surface area contributed by atoms with Crippen molar-refractivity contribution in [3.05, 3.63) is 27.7 Å². The second kappa shape index (κ2) is 5.39. The number of likely N-dealkylation sites (N-methyl/N-ethyl adjacent to an activating group) is 1. The number of hydrogen-bond donors (Lipinski definition) is 0. The monoisotopic (exact) mass is 302 g/mol. The van der Waals surface area contributed by atoms with Gasteiger partial charge in [0, 0.05) is 41.4 Å². The van der Waals surface area contributed by atoms with E-state index in [2.05, 4.69) is 38.7 Å². The maximum Gasteiger partial charge on any atom is 0.0437 e. The first kappa shape index (κ1) is 12.2. The predicted octanol–water partition coefficient (Wildman–Crippen LogP) is 3.24. The first-order valence-corrected chi connectivity index (χ1v) is 6.79. The topological polar surface area (TPSA) is 6.48 Å². The Kier molecular flexibility index (Phi) is 4.11. The van der Waals surface area contributed by atoms with E-state index in [9.17, 15) is 0 Å². The van der Waals surface area contributed by atoms with Crippen molar-refractivity contribution in [3.63, 3.8) is 0 Å². The molecule has 2 rings (SSSR count). The fraction of sp³-hybridized carbons (Fsp3) is 0.500. The van der Waals surface area contributed by atoms with Crippen molar-refractivity contribution in [1.29, 1.82) is 0 Å². The molecule has 0 amide bonds. The van der Waals surface area contributed by atoms with Crippen molar-refractivity contribution in [2.24, 2.45) is 0 Å². The van der Waals surface area contributed by atoms with Crippen LogP contribution in [0.25, 0.3) is 0 Å². The SMILES string of the molecule is CCN1CCN(c2cc(Cl)cc(Br)c2)CC1. The summed E-state index contributed by atoms with van der Waals surface area (Å²) in [6.07, 6.45) is 0. The van der Waals surface area contributed by atoms with E-state index in [1.165, 1.54) is 5.69 Å². The normalized spacial score (nSPS) is 17.8. The Labute approximate surface area is 110 Å². The standard InChI is InChI=1S/C12H16BrClN2/c1-2-15-3-5-16(6-4-15)12-8-10(13)7-11(14)9-12/h7-9H,2-6H2,1H3. The van der Waals surface area contributed by atoms with Gasteiger partial charge in [0.05, 0.1) is 0 Å². The Bertz CT molecular complexity index is 342. The van der Waals surface area contributed by atoms with E-state index in [4.69, 9.17) is 11.6 Å². The number of halogens is 2. The second-order valence-corrected chi connectivity index (χ2v) is 5.40. The molecule has 1 aromatic carbocycles. The van der Waals surface area contributed by atoms with Crippen molar-refractivity contribution in [2.45, 2.75) is 6.92 Å². The van der Waals surface area contributed by atoms with Crippen LogP contribution in [0, 0.1) is 0 Å². The number of hydrogen-bond acceptors (Lipinski definition) is 2. The quantitative estimate of drug-likeness (QED) is 0.827. The summed E-state index contributed by atoms with van der Waals surface area (Å²) in [4.78, 5) is 4.86. The van der Waals surface area contributed by atoms with Gasteiger partial charge in [-0.1, -0.05) is 34.5 Å². The largest absolute Gasteiger partial charge is 0.369 e. The van der Waals surface area contributed by atoms with Crippen LogP contribution >= 0.6 is 27.5 Å². The average molecular weight is 304 g/mol. The van der Waals surface area contributed by atoms with Gasteiger partial charge >= 0.3 is 0 Å². The molecule has 0 bridgehead atoms. The number of benzene rings is 1. The number of rotatable bonds is 2. The first-order valence-electron chi connectivity index (χ1n) is 5.62. The number of piperazine rings is 1. The van der Waals surface area contributed by atoms with Crippen LogP contribution in [-0.4, -0.2) is 37.6 Å². The summed E-state index contributed by atoms with van der Waals surface area (Å²) < 4.78 is 1.05. The van der Waals surface area contributed by atoms with E-state index >= 15 is 0 Å². The molecule has 0 saturated carbocycles. The van der Waals surface area contributed by atoms with E-state index in [0.29, 0.717) is 0 Å². The summed E-state index contributed by atoms with van der Waals surface area (Å²) in [6.45, 7) is 7.81. The van der Waals surface area contributed by atoms with Gasteiger partial charge in [0.15, 0.2) is 0 Å². The Hall–Kier alpha value is -0.250. The molecule has 0 spiro atoms. The molecule has 1 aliphatic heterocycles. The van der Waals surface area contributed by atoms with Crippen LogP contribution in [-0.2, 0) is 0 Å². The summed E-state index contributed by atoms with van der Waals surface area (Å²) in [5.74, 6) is 0. The summed E-state index contributed by atoms with van der Waals surface area (Å²) in [6, 6.07) is 6.09. The molecule has 1 aliphatic rings.